The molecule has 1 amide bonds. The lowest BCUT2D eigenvalue weighted by Gasteiger charge is -2.30. The van der Waals surface area contributed by atoms with Crippen LogP contribution in [0.2, 0.25) is 0 Å². The van der Waals surface area contributed by atoms with Crippen LogP contribution in [0, 0.1) is 5.92 Å². The van der Waals surface area contributed by atoms with E-state index in [0.29, 0.717) is 6.73 Å². The second kappa shape index (κ2) is 7.32. The number of likely N-dealkylation sites (tertiary alicyclic amines) is 1. The summed E-state index contributed by atoms with van der Waals surface area (Å²) < 4.78 is 5.09. The van der Waals surface area contributed by atoms with Gasteiger partial charge in [-0.25, -0.2) is 4.98 Å². The van der Waals surface area contributed by atoms with E-state index >= 15 is 0 Å². The summed E-state index contributed by atoms with van der Waals surface area (Å²) in [5, 5.41) is 3.20. The summed E-state index contributed by atoms with van der Waals surface area (Å²) in [6, 6.07) is 7.77. The summed E-state index contributed by atoms with van der Waals surface area (Å²) in [7, 11) is 1.63. The van der Waals surface area contributed by atoms with Gasteiger partial charge < -0.3 is 14.6 Å². The molecule has 0 aliphatic carbocycles. The predicted molar refractivity (Wildman–Crippen MR) is 93.4 cm³/mol. The van der Waals surface area contributed by atoms with Crippen LogP contribution in [0.5, 0.6) is 0 Å². The average molecular weight is 330 g/mol. The molecule has 2 unspecified atom stereocenters. The number of imidazole rings is 1. The highest BCUT2D eigenvalue weighted by molar-refractivity contribution is 5.83. The number of hydrogen-bond donors (Lipinski definition) is 2. The minimum absolute atomic E-state index is 0.0236. The molecule has 0 spiro atoms. The lowest BCUT2D eigenvalue weighted by molar-refractivity contribution is -0.136. The van der Waals surface area contributed by atoms with Gasteiger partial charge in [-0.05, 0) is 30.9 Å². The van der Waals surface area contributed by atoms with E-state index in [1.54, 1.807) is 7.11 Å². The second-order valence-corrected chi connectivity index (χ2v) is 6.69. The standard InChI is InChI=1S/C18H26N4O2/c1-12(2)16(19-11-24-3)18(23)22-10-6-9-15(22)17-20-13-7-4-5-8-14(13)21-17/h4-5,7-8,12,15-16,19H,6,9-11H2,1-3H3,(H,20,21). The van der Waals surface area contributed by atoms with Crippen molar-refractivity contribution >= 4 is 16.9 Å². The Hall–Kier alpha value is -1.92. The van der Waals surface area contributed by atoms with E-state index in [1.165, 1.54) is 0 Å². The fourth-order valence-electron chi connectivity index (χ4n) is 3.41. The molecule has 3 rings (SSSR count). The zero-order valence-electron chi connectivity index (χ0n) is 14.6. The third-order valence-corrected chi connectivity index (χ3v) is 4.64. The molecule has 1 aromatic carbocycles. The number of aromatic amines is 1. The van der Waals surface area contributed by atoms with Crippen molar-refractivity contribution in [1.29, 1.82) is 0 Å². The zero-order chi connectivity index (χ0) is 17.1. The van der Waals surface area contributed by atoms with Gasteiger partial charge in [0.2, 0.25) is 5.91 Å². The molecule has 0 bridgehead atoms. The van der Waals surface area contributed by atoms with Crippen molar-refractivity contribution in [3.8, 4) is 0 Å². The van der Waals surface area contributed by atoms with Gasteiger partial charge in [0, 0.05) is 13.7 Å². The minimum Gasteiger partial charge on any atom is -0.370 e. The van der Waals surface area contributed by atoms with E-state index in [0.717, 1.165) is 36.2 Å². The summed E-state index contributed by atoms with van der Waals surface area (Å²) in [6.45, 7) is 5.26. The Labute approximate surface area is 142 Å². The highest BCUT2D eigenvalue weighted by atomic mass is 16.5. The largest absolute Gasteiger partial charge is 0.370 e. The molecule has 1 aromatic heterocycles. The Kier molecular flexibility index (Phi) is 5.16. The van der Waals surface area contributed by atoms with E-state index < -0.39 is 0 Å². The minimum atomic E-state index is -0.241. The van der Waals surface area contributed by atoms with Crippen LogP contribution in [0.25, 0.3) is 11.0 Å². The lowest BCUT2D eigenvalue weighted by atomic mass is 10.0. The molecular formula is C18H26N4O2. The number of hydrogen-bond acceptors (Lipinski definition) is 4. The number of carbonyl (C=O) groups excluding carboxylic acids is 1. The van der Waals surface area contributed by atoms with Crippen LogP contribution in [0.1, 0.15) is 38.6 Å². The van der Waals surface area contributed by atoms with Crippen molar-refractivity contribution < 1.29 is 9.53 Å². The Morgan fingerprint density at radius 2 is 2.25 bits per heavy atom. The molecule has 2 atom stereocenters. The third kappa shape index (κ3) is 3.30. The number of nitrogens with one attached hydrogen (secondary N) is 2. The molecule has 1 aliphatic heterocycles. The first kappa shape index (κ1) is 16.9. The molecule has 6 heteroatoms. The van der Waals surface area contributed by atoms with Gasteiger partial charge in [0.15, 0.2) is 0 Å². The topological polar surface area (TPSA) is 70.2 Å². The number of amides is 1. The molecule has 1 fully saturated rings. The van der Waals surface area contributed by atoms with Crippen LogP contribution < -0.4 is 5.32 Å². The number of aromatic nitrogens is 2. The van der Waals surface area contributed by atoms with Crippen molar-refractivity contribution in [3.05, 3.63) is 30.1 Å². The van der Waals surface area contributed by atoms with Gasteiger partial charge in [-0.1, -0.05) is 26.0 Å². The molecule has 2 aromatic rings. The van der Waals surface area contributed by atoms with Gasteiger partial charge in [0.05, 0.1) is 29.8 Å². The molecule has 0 saturated carbocycles. The maximum atomic E-state index is 13.1. The second-order valence-electron chi connectivity index (χ2n) is 6.69. The predicted octanol–water partition coefficient (Wildman–Crippen LogP) is 2.44. The van der Waals surface area contributed by atoms with Crippen LogP contribution in [0.15, 0.2) is 24.3 Å². The number of benzene rings is 1. The smallest absolute Gasteiger partial charge is 0.240 e. The molecule has 24 heavy (non-hydrogen) atoms. The summed E-state index contributed by atoms with van der Waals surface area (Å²) in [5.41, 5.74) is 1.97. The monoisotopic (exact) mass is 330 g/mol. The zero-order valence-corrected chi connectivity index (χ0v) is 14.6. The Morgan fingerprint density at radius 1 is 1.46 bits per heavy atom. The summed E-state index contributed by atoms with van der Waals surface area (Å²) in [6.07, 6.45) is 1.95. The molecule has 1 aliphatic rings. The van der Waals surface area contributed by atoms with Crippen LogP contribution in [-0.4, -0.2) is 47.2 Å². The van der Waals surface area contributed by atoms with Crippen LogP contribution in [0.4, 0.5) is 0 Å². The first-order chi connectivity index (χ1) is 11.6. The highest BCUT2D eigenvalue weighted by Crippen LogP contribution is 2.32. The van der Waals surface area contributed by atoms with Gasteiger partial charge in [0.25, 0.3) is 0 Å². The molecule has 2 heterocycles. The number of ether oxygens (including phenoxy) is 1. The maximum Gasteiger partial charge on any atom is 0.240 e. The number of carbonyl (C=O) groups is 1. The highest BCUT2D eigenvalue weighted by Gasteiger charge is 2.36. The van der Waals surface area contributed by atoms with Crippen LogP contribution >= 0.6 is 0 Å². The molecule has 130 valence electrons. The van der Waals surface area contributed by atoms with Crippen molar-refractivity contribution in [2.24, 2.45) is 5.92 Å². The molecule has 0 radical (unpaired) electrons. The normalized spacial score (nSPS) is 19.3. The van der Waals surface area contributed by atoms with Gasteiger partial charge >= 0.3 is 0 Å². The fraction of sp³-hybridized carbons (Fsp3) is 0.556. The quantitative estimate of drug-likeness (QED) is 0.798. The van der Waals surface area contributed by atoms with Gasteiger partial charge in [-0.2, -0.15) is 0 Å². The molecule has 1 saturated heterocycles. The third-order valence-electron chi connectivity index (χ3n) is 4.64. The van der Waals surface area contributed by atoms with E-state index in [2.05, 4.69) is 24.1 Å². The first-order valence-electron chi connectivity index (χ1n) is 8.59. The SMILES string of the molecule is COCNC(C(=O)N1CCCC1c1nc2ccccc2[nH]1)C(C)C. The fourth-order valence-corrected chi connectivity index (χ4v) is 3.41. The van der Waals surface area contributed by atoms with Crippen molar-refractivity contribution in [3.63, 3.8) is 0 Å². The van der Waals surface area contributed by atoms with E-state index in [1.807, 2.05) is 29.2 Å². The number of para-hydroxylation sites is 2. The van der Waals surface area contributed by atoms with Gasteiger partial charge in [0.1, 0.15) is 5.82 Å². The molecular weight excluding hydrogens is 304 g/mol. The Morgan fingerprint density at radius 3 is 2.96 bits per heavy atom. The van der Waals surface area contributed by atoms with Crippen molar-refractivity contribution in [2.45, 2.75) is 38.8 Å². The summed E-state index contributed by atoms with van der Waals surface area (Å²) in [5.74, 6) is 1.21. The van der Waals surface area contributed by atoms with Crippen LogP contribution in [-0.2, 0) is 9.53 Å². The van der Waals surface area contributed by atoms with Gasteiger partial charge in [-0.3, -0.25) is 10.1 Å². The molecule has 6 nitrogen and oxygen atoms in total. The average Bonchev–Trinajstić information content (AvgIpc) is 3.20. The lowest BCUT2D eigenvalue weighted by Crippen LogP contribution is -2.49. The van der Waals surface area contributed by atoms with Crippen molar-refractivity contribution in [2.75, 3.05) is 20.4 Å². The van der Waals surface area contributed by atoms with E-state index in [4.69, 9.17) is 9.72 Å². The maximum absolute atomic E-state index is 13.1. The van der Waals surface area contributed by atoms with Crippen LogP contribution in [0.3, 0.4) is 0 Å². The number of rotatable bonds is 6. The summed E-state index contributed by atoms with van der Waals surface area (Å²) in [4.78, 5) is 23.1. The number of fused-ring (bicyclic) bond motifs is 1. The Balaban J connectivity index is 1.82. The number of H-pyrrole nitrogens is 1. The number of methoxy groups -OCH3 is 1. The van der Waals surface area contributed by atoms with Gasteiger partial charge in [-0.15, -0.1) is 0 Å². The van der Waals surface area contributed by atoms with E-state index in [-0.39, 0.29) is 23.9 Å². The van der Waals surface area contributed by atoms with E-state index in [9.17, 15) is 4.79 Å². The summed E-state index contributed by atoms with van der Waals surface area (Å²) >= 11 is 0. The molecule has 2 N–H and O–H groups in total. The number of nitrogens with zero attached hydrogens (tertiary/aromatic N) is 2. The Bertz CT molecular complexity index is 664. The first-order valence-corrected chi connectivity index (χ1v) is 8.59. The van der Waals surface area contributed by atoms with Crippen molar-refractivity contribution in [1.82, 2.24) is 20.2 Å².